The molecule has 3 rings (SSSR count). The van der Waals surface area contributed by atoms with Crippen LogP contribution in [0.25, 0.3) is 0 Å². The van der Waals surface area contributed by atoms with Crippen molar-refractivity contribution in [3.8, 4) is 0 Å². The van der Waals surface area contributed by atoms with Crippen LogP contribution in [0.2, 0.25) is 0 Å². The molecule has 0 radical (unpaired) electrons. The minimum Gasteiger partial charge on any atom is -0.379 e. The van der Waals surface area contributed by atoms with Crippen molar-refractivity contribution < 1.29 is 14.3 Å². The van der Waals surface area contributed by atoms with Gasteiger partial charge in [-0.05, 0) is 58.8 Å². The Morgan fingerprint density at radius 3 is 2.54 bits per heavy atom. The van der Waals surface area contributed by atoms with E-state index in [4.69, 9.17) is 15.2 Å². The summed E-state index contributed by atoms with van der Waals surface area (Å²) >= 11 is 0. The quantitative estimate of drug-likeness (QED) is 0.593. The van der Waals surface area contributed by atoms with Gasteiger partial charge in [-0.25, -0.2) is 4.98 Å². The number of hydrogen-bond donors (Lipinski definition) is 3. The van der Waals surface area contributed by atoms with Gasteiger partial charge in [0.25, 0.3) is 5.91 Å². The molecule has 0 aromatic carbocycles. The minimum atomic E-state index is -0.530. The molecule has 0 unspecified atom stereocenters. The van der Waals surface area contributed by atoms with Gasteiger partial charge in [0.15, 0.2) is 0 Å². The SMILES string of the molecule is CCO[C@H]1CCC[C@@H]1Nc1nc(N[C@H]2CC[C@H](OCC)CC2)ncc1C(N)=O. The molecule has 2 aliphatic rings. The lowest BCUT2D eigenvalue weighted by Gasteiger charge is -2.29. The first-order valence-electron chi connectivity index (χ1n) is 10.5. The number of anilines is 2. The summed E-state index contributed by atoms with van der Waals surface area (Å²) in [7, 11) is 0. The number of nitrogens with zero attached hydrogens (tertiary/aromatic N) is 2. The van der Waals surface area contributed by atoms with E-state index in [0.717, 1.165) is 51.6 Å². The number of amides is 1. The van der Waals surface area contributed by atoms with E-state index in [1.54, 1.807) is 0 Å². The lowest BCUT2D eigenvalue weighted by Crippen LogP contribution is -2.33. The molecule has 28 heavy (non-hydrogen) atoms. The number of primary amides is 1. The number of nitrogens with one attached hydrogen (secondary N) is 2. The first kappa shape index (κ1) is 20.8. The smallest absolute Gasteiger partial charge is 0.254 e. The maximum atomic E-state index is 11.8. The molecule has 0 spiro atoms. The third-order valence-electron chi connectivity index (χ3n) is 5.62. The van der Waals surface area contributed by atoms with E-state index < -0.39 is 5.91 Å². The molecule has 4 N–H and O–H groups in total. The molecule has 156 valence electrons. The van der Waals surface area contributed by atoms with E-state index in [0.29, 0.717) is 36.1 Å². The van der Waals surface area contributed by atoms with Gasteiger partial charge >= 0.3 is 0 Å². The highest BCUT2D eigenvalue weighted by Crippen LogP contribution is 2.27. The molecule has 8 heteroatoms. The first-order valence-corrected chi connectivity index (χ1v) is 10.5. The highest BCUT2D eigenvalue weighted by Gasteiger charge is 2.29. The molecule has 2 saturated carbocycles. The standard InChI is InChI=1S/C20H33N5O3/c1-3-27-14-10-8-13(9-11-14)23-20-22-12-15(18(21)26)19(25-20)24-16-6-5-7-17(16)28-4-2/h12-14,16-17H,3-11H2,1-2H3,(H2,21,26)(H2,22,23,24,25)/t13-,14-,16-,17-/m0/s1. The highest BCUT2D eigenvalue weighted by molar-refractivity contribution is 5.97. The van der Waals surface area contributed by atoms with Crippen molar-refractivity contribution in [3.05, 3.63) is 11.8 Å². The average Bonchev–Trinajstić information content (AvgIpc) is 3.11. The second-order valence-corrected chi connectivity index (χ2v) is 7.57. The topological polar surface area (TPSA) is 111 Å². The largest absolute Gasteiger partial charge is 0.379 e. The van der Waals surface area contributed by atoms with Crippen molar-refractivity contribution in [2.24, 2.45) is 5.73 Å². The molecule has 1 heterocycles. The van der Waals surface area contributed by atoms with Gasteiger partial charge in [-0.2, -0.15) is 4.98 Å². The molecule has 0 saturated heterocycles. The van der Waals surface area contributed by atoms with E-state index in [2.05, 4.69) is 20.6 Å². The van der Waals surface area contributed by atoms with Crippen LogP contribution >= 0.6 is 0 Å². The van der Waals surface area contributed by atoms with Crippen molar-refractivity contribution >= 4 is 17.7 Å². The molecule has 1 aromatic rings. The van der Waals surface area contributed by atoms with Gasteiger partial charge in [-0.1, -0.05) is 0 Å². The number of nitrogens with two attached hydrogens (primary N) is 1. The van der Waals surface area contributed by atoms with Crippen LogP contribution in [0.5, 0.6) is 0 Å². The number of carbonyl (C=O) groups excluding carboxylic acids is 1. The number of aromatic nitrogens is 2. The maximum absolute atomic E-state index is 11.8. The summed E-state index contributed by atoms with van der Waals surface area (Å²) in [4.78, 5) is 20.7. The minimum absolute atomic E-state index is 0.127. The van der Waals surface area contributed by atoms with Crippen molar-refractivity contribution in [3.63, 3.8) is 0 Å². The van der Waals surface area contributed by atoms with Crippen LogP contribution in [0, 0.1) is 0 Å². The molecular weight excluding hydrogens is 358 g/mol. The summed E-state index contributed by atoms with van der Waals surface area (Å²) in [6.45, 7) is 5.47. The normalized spacial score (nSPS) is 27.5. The average molecular weight is 392 g/mol. The van der Waals surface area contributed by atoms with E-state index in [9.17, 15) is 4.79 Å². The lowest BCUT2D eigenvalue weighted by molar-refractivity contribution is 0.0346. The fraction of sp³-hybridized carbons (Fsp3) is 0.750. The zero-order valence-electron chi connectivity index (χ0n) is 16.9. The van der Waals surface area contributed by atoms with Crippen LogP contribution < -0.4 is 16.4 Å². The van der Waals surface area contributed by atoms with Crippen molar-refractivity contribution in [2.45, 2.75) is 83.1 Å². The van der Waals surface area contributed by atoms with Gasteiger partial charge in [-0.15, -0.1) is 0 Å². The maximum Gasteiger partial charge on any atom is 0.254 e. The number of rotatable bonds is 9. The number of hydrogen-bond acceptors (Lipinski definition) is 7. The fourth-order valence-electron chi connectivity index (χ4n) is 4.21. The van der Waals surface area contributed by atoms with Gasteiger partial charge < -0.3 is 25.8 Å². The second kappa shape index (κ2) is 10.0. The van der Waals surface area contributed by atoms with Crippen LogP contribution in [-0.2, 0) is 9.47 Å². The fourth-order valence-corrected chi connectivity index (χ4v) is 4.21. The Morgan fingerprint density at radius 2 is 1.86 bits per heavy atom. The highest BCUT2D eigenvalue weighted by atomic mass is 16.5. The van der Waals surface area contributed by atoms with Gasteiger partial charge in [0.2, 0.25) is 5.95 Å². The molecule has 2 atom stereocenters. The first-order chi connectivity index (χ1) is 13.6. The Bertz CT molecular complexity index is 649. The molecule has 0 aliphatic heterocycles. The van der Waals surface area contributed by atoms with Crippen LogP contribution in [0.3, 0.4) is 0 Å². The van der Waals surface area contributed by atoms with E-state index in [1.807, 2.05) is 13.8 Å². The predicted octanol–water partition coefficient (Wildman–Crippen LogP) is 2.70. The molecule has 2 fully saturated rings. The van der Waals surface area contributed by atoms with Gasteiger partial charge in [0.05, 0.1) is 23.8 Å². The Morgan fingerprint density at radius 1 is 1.11 bits per heavy atom. The Balaban J connectivity index is 1.67. The van der Waals surface area contributed by atoms with E-state index in [-0.39, 0.29) is 12.1 Å². The summed E-state index contributed by atoms with van der Waals surface area (Å²) in [6.07, 6.45) is 9.19. The molecule has 8 nitrogen and oxygen atoms in total. The Kier molecular flexibility index (Phi) is 7.44. The Labute approximate surface area is 167 Å². The molecular formula is C20H33N5O3. The third kappa shape index (κ3) is 5.32. The predicted molar refractivity (Wildman–Crippen MR) is 109 cm³/mol. The zero-order chi connectivity index (χ0) is 19.9. The van der Waals surface area contributed by atoms with Crippen LogP contribution in [0.4, 0.5) is 11.8 Å². The monoisotopic (exact) mass is 391 g/mol. The van der Waals surface area contributed by atoms with Gasteiger partial charge in [0, 0.05) is 25.5 Å². The lowest BCUT2D eigenvalue weighted by atomic mass is 9.93. The molecule has 1 aromatic heterocycles. The van der Waals surface area contributed by atoms with Gasteiger partial charge in [-0.3, -0.25) is 4.79 Å². The van der Waals surface area contributed by atoms with Crippen LogP contribution in [0.15, 0.2) is 6.20 Å². The summed E-state index contributed by atoms with van der Waals surface area (Å²) in [6, 6.07) is 0.439. The summed E-state index contributed by atoms with van der Waals surface area (Å²) in [5.74, 6) is 0.486. The molecule has 1 amide bonds. The van der Waals surface area contributed by atoms with E-state index in [1.165, 1.54) is 6.20 Å². The van der Waals surface area contributed by atoms with Gasteiger partial charge in [0.1, 0.15) is 5.82 Å². The second-order valence-electron chi connectivity index (χ2n) is 7.57. The van der Waals surface area contributed by atoms with E-state index >= 15 is 0 Å². The van der Waals surface area contributed by atoms with Crippen molar-refractivity contribution in [1.82, 2.24) is 9.97 Å². The number of ether oxygens (including phenoxy) is 2. The summed E-state index contributed by atoms with van der Waals surface area (Å²) < 4.78 is 11.5. The third-order valence-corrected chi connectivity index (χ3v) is 5.62. The molecule has 0 bridgehead atoms. The van der Waals surface area contributed by atoms with Crippen molar-refractivity contribution in [2.75, 3.05) is 23.8 Å². The summed E-state index contributed by atoms with van der Waals surface area (Å²) in [5.41, 5.74) is 5.85. The molecule has 2 aliphatic carbocycles. The van der Waals surface area contributed by atoms with Crippen LogP contribution in [-0.4, -0.2) is 53.4 Å². The number of carbonyl (C=O) groups is 1. The van der Waals surface area contributed by atoms with Crippen LogP contribution in [0.1, 0.15) is 69.2 Å². The zero-order valence-corrected chi connectivity index (χ0v) is 16.9. The summed E-state index contributed by atoms with van der Waals surface area (Å²) in [5, 5.41) is 6.80. The Hall–Kier alpha value is -1.93. The van der Waals surface area contributed by atoms with Crippen molar-refractivity contribution in [1.29, 1.82) is 0 Å².